The summed E-state index contributed by atoms with van der Waals surface area (Å²) in [4.78, 5) is 13.6. The average molecular weight is 223 g/mol. The average Bonchev–Trinajstić information content (AvgIpc) is 2.65. The number of rotatable bonds is 4. The molecule has 0 fully saturated rings. The zero-order valence-corrected chi connectivity index (χ0v) is 9.56. The summed E-state index contributed by atoms with van der Waals surface area (Å²) in [6, 6.07) is 3.42. The molecule has 0 radical (unpaired) electrons. The number of carbonyl (C=O) groups excluding carboxylic acids is 1. The van der Waals surface area contributed by atoms with E-state index in [-0.39, 0.29) is 5.97 Å². The lowest BCUT2D eigenvalue weighted by Gasteiger charge is -2.12. The van der Waals surface area contributed by atoms with E-state index in [1.807, 2.05) is 19.1 Å². The van der Waals surface area contributed by atoms with Crippen molar-refractivity contribution in [3.63, 3.8) is 0 Å². The molecule has 4 heteroatoms. The lowest BCUT2D eigenvalue weighted by atomic mass is 10.2. The van der Waals surface area contributed by atoms with Crippen LogP contribution in [0.4, 0.5) is 0 Å². The van der Waals surface area contributed by atoms with Crippen molar-refractivity contribution in [3.8, 4) is 12.3 Å². The molecule has 80 valence electrons. The van der Waals surface area contributed by atoms with Crippen molar-refractivity contribution in [3.05, 3.63) is 21.9 Å². The van der Waals surface area contributed by atoms with Gasteiger partial charge in [-0.15, -0.1) is 17.8 Å². The first-order chi connectivity index (χ1) is 7.19. The van der Waals surface area contributed by atoms with Crippen LogP contribution in [0.2, 0.25) is 0 Å². The summed E-state index contributed by atoms with van der Waals surface area (Å²) in [6.07, 6.45) is 5.14. The van der Waals surface area contributed by atoms with Gasteiger partial charge in [0, 0.05) is 9.75 Å². The van der Waals surface area contributed by atoms with Crippen molar-refractivity contribution in [1.29, 1.82) is 0 Å². The third-order valence-electron chi connectivity index (χ3n) is 1.89. The van der Waals surface area contributed by atoms with Crippen molar-refractivity contribution in [2.75, 3.05) is 13.7 Å². The monoisotopic (exact) mass is 223 g/mol. The number of carbonyl (C=O) groups is 1. The van der Waals surface area contributed by atoms with Gasteiger partial charge in [0.05, 0.1) is 13.7 Å². The fraction of sp³-hybridized carbons (Fsp3) is 0.364. The first-order valence-electron chi connectivity index (χ1n) is 4.50. The Hall–Kier alpha value is -1.31. The topological polar surface area (TPSA) is 38.3 Å². The van der Waals surface area contributed by atoms with Crippen molar-refractivity contribution in [2.24, 2.45) is 0 Å². The maximum atomic E-state index is 11.5. The third-order valence-corrected chi connectivity index (χ3v) is 2.96. The van der Waals surface area contributed by atoms with Gasteiger partial charge in [-0.05, 0) is 19.1 Å². The summed E-state index contributed by atoms with van der Waals surface area (Å²) in [5.41, 5.74) is 0. The lowest BCUT2D eigenvalue weighted by molar-refractivity contribution is -0.143. The van der Waals surface area contributed by atoms with Gasteiger partial charge in [-0.3, -0.25) is 5.32 Å². The molecule has 0 bridgehead atoms. The van der Waals surface area contributed by atoms with Crippen molar-refractivity contribution >= 4 is 17.3 Å². The van der Waals surface area contributed by atoms with Gasteiger partial charge in [-0.25, -0.2) is 4.79 Å². The smallest absolute Gasteiger partial charge is 0.328 e. The van der Waals surface area contributed by atoms with Crippen LogP contribution in [0.15, 0.2) is 12.1 Å². The van der Waals surface area contributed by atoms with Crippen LogP contribution in [0.5, 0.6) is 0 Å². The molecule has 1 N–H and O–H groups in total. The van der Waals surface area contributed by atoms with E-state index in [9.17, 15) is 4.79 Å². The Bertz CT molecular complexity index is 378. The first-order valence-corrected chi connectivity index (χ1v) is 5.31. The summed E-state index contributed by atoms with van der Waals surface area (Å²) in [5.74, 6) is 2.13. The second-order valence-corrected chi connectivity index (χ2v) is 4.31. The van der Waals surface area contributed by atoms with E-state index in [4.69, 9.17) is 11.2 Å². The molecule has 0 saturated heterocycles. The number of hydrogen-bond acceptors (Lipinski definition) is 4. The number of hydrogen-bond donors (Lipinski definition) is 1. The summed E-state index contributed by atoms with van der Waals surface area (Å²) in [5, 5.41) is 2.95. The van der Waals surface area contributed by atoms with Gasteiger partial charge < -0.3 is 4.74 Å². The molecule has 1 atom stereocenters. The third kappa shape index (κ3) is 3.08. The molecule has 1 aromatic heterocycles. The predicted molar refractivity (Wildman–Crippen MR) is 60.6 cm³/mol. The molecule has 1 unspecified atom stereocenters. The van der Waals surface area contributed by atoms with Crippen LogP contribution < -0.4 is 5.32 Å². The highest BCUT2D eigenvalue weighted by molar-refractivity contribution is 7.12. The van der Waals surface area contributed by atoms with Crippen LogP contribution in [0, 0.1) is 19.3 Å². The number of thiophene rings is 1. The molecule has 1 aromatic rings. The minimum Gasteiger partial charge on any atom is -0.468 e. The minimum absolute atomic E-state index is 0.313. The zero-order valence-electron chi connectivity index (χ0n) is 8.74. The van der Waals surface area contributed by atoms with E-state index in [1.165, 1.54) is 7.11 Å². The molecule has 0 aliphatic carbocycles. The predicted octanol–water partition coefficient (Wildman–Crippen LogP) is 1.49. The molecule has 1 heterocycles. The quantitative estimate of drug-likeness (QED) is 0.621. The van der Waals surface area contributed by atoms with Crippen LogP contribution in [0.1, 0.15) is 15.8 Å². The van der Waals surface area contributed by atoms with Gasteiger partial charge in [0.25, 0.3) is 0 Å². The molecule has 15 heavy (non-hydrogen) atoms. The van der Waals surface area contributed by atoms with Gasteiger partial charge in [-0.2, -0.15) is 0 Å². The van der Waals surface area contributed by atoms with Gasteiger partial charge in [-0.1, -0.05) is 5.92 Å². The minimum atomic E-state index is -0.454. The molecular weight excluding hydrogens is 210 g/mol. The molecule has 0 amide bonds. The highest BCUT2D eigenvalue weighted by Gasteiger charge is 2.21. The summed E-state index contributed by atoms with van der Waals surface area (Å²) >= 11 is 1.56. The van der Waals surface area contributed by atoms with Crippen LogP contribution >= 0.6 is 11.3 Å². The molecule has 0 aromatic carbocycles. The second kappa shape index (κ2) is 5.54. The summed E-state index contributed by atoms with van der Waals surface area (Å²) < 4.78 is 4.71. The Morgan fingerprint density at radius 3 is 2.93 bits per heavy atom. The fourth-order valence-electron chi connectivity index (χ4n) is 1.19. The van der Waals surface area contributed by atoms with E-state index in [1.54, 1.807) is 11.3 Å². The van der Waals surface area contributed by atoms with Gasteiger partial charge in [0.2, 0.25) is 0 Å². The second-order valence-electron chi connectivity index (χ2n) is 2.99. The van der Waals surface area contributed by atoms with E-state index in [0.29, 0.717) is 6.54 Å². The highest BCUT2D eigenvalue weighted by Crippen LogP contribution is 2.23. The Kier molecular flexibility index (Phi) is 4.35. The number of methoxy groups -OCH3 is 1. The zero-order chi connectivity index (χ0) is 11.3. The molecule has 0 spiro atoms. The number of nitrogens with one attached hydrogen (secondary N) is 1. The lowest BCUT2D eigenvalue weighted by Crippen LogP contribution is -2.29. The van der Waals surface area contributed by atoms with E-state index in [0.717, 1.165) is 9.75 Å². The van der Waals surface area contributed by atoms with Crippen LogP contribution in [-0.4, -0.2) is 19.6 Å². The van der Waals surface area contributed by atoms with Crippen LogP contribution in [0.25, 0.3) is 0 Å². The van der Waals surface area contributed by atoms with E-state index < -0.39 is 6.04 Å². The number of aryl methyl sites for hydroxylation is 1. The van der Waals surface area contributed by atoms with Crippen molar-refractivity contribution < 1.29 is 9.53 Å². The maximum absolute atomic E-state index is 11.5. The standard InChI is InChI=1S/C11H13NO2S/c1-4-7-12-10(11(13)14-3)9-6-5-8(2)15-9/h1,5-6,10,12H,7H2,2-3H3. The fourth-order valence-corrected chi connectivity index (χ4v) is 2.13. The Labute approximate surface area is 93.5 Å². The maximum Gasteiger partial charge on any atom is 0.328 e. The summed E-state index contributed by atoms with van der Waals surface area (Å²) in [7, 11) is 1.37. The SMILES string of the molecule is C#CCNC(C(=O)OC)c1ccc(C)s1. The van der Waals surface area contributed by atoms with E-state index in [2.05, 4.69) is 11.2 Å². The Morgan fingerprint density at radius 1 is 1.73 bits per heavy atom. The van der Waals surface area contributed by atoms with Gasteiger partial charge in [0.15, 0.2) is 0 Å². The van der Waals surface area contributed by atoms with Crippen LogP contribution in [-0.2, 0) is 9.53 Å². The molecule has 1 rings (SSSR count). The first kappa shape index (κ1) is 11.8. The molecule has 0 saturated carbocycles. The normalized spacial score (nSPS) is 11.8. The largest absolute Gasteiger partial charge is 0.468 e. The molecular formula is C11H13NO2S. The molecule has 3 nitrogen and oxygen atoms in total. The number of terminal acetylenes is 1. The number of esters is 1. The van der Waals surface area contributed by atoms with E-state index >= 15 is 0 Å². The molecule has 0 aliphatic heterocycles. The van der Waals surface area contributed by atoms with Gasteiger partial charge in [0.1, 0.15) is 6.04 Å². The van der Waals surface area contributed by atoms with Gasteiger partial charge >= 0.3 is 5.97 Å². The summed E-state index contributed by atoms with van der Waals surface area (Å²) in [6.45, 7) is 2.33. The highest BCUT2D eigenvalue weighted by atomic mass is 32.1. The Morgan fingerprint density at radius 2 is 2.47 bits per heavy atom. The van der Waals surface area contributed by atoms with Crippen LogP contribution in [0.3, 0.4) is 0 Å². The Balaban J connectivity index is 2.81. The number of ether oxygens (including phenoxy) is 1. The van der Waals surface area contributed by atoms with Crippen molar-refractivity contribution in [1.82, 2.24) is 5.32 Å². The van der Waals surface area contributed by atoms with Crippen molar-refractivity contribution in [2.45, 2.75) is 13.0 Å². The molecule has 0 aliphatic rings.